The van der Waals surface area contributed by atoms with Crippen LogP contribution < -0.4 is 9.80 Å². The molecule has 0 N–H and O–H groups in total. The Kier molecular flexibility index (Phi) is 7.69. The van der Waals surface area contributed by atoms with E-state index in [1.54, 1.807) is 23.5 Å². The lowest BCUT2D eigenvalue weighted by atomic mass is 10.1. The molecule has 0 unspecified atom stereocenters. The molecule has 5 heteroatoms. The molecule has 3 nitrogen and oxygen atoms in total. The van der Waals surface area contributed by atoms with E-state index in [-0.39, 0.29) is 5.78 Å². The summed E-state index contributed by atoms with van der Waals surface area (Å²) in [6.45, 7) is 6.21. The summed E-state index contributed by atoms with van der Waals surface area (Å²) in [7, 11) is 0. The smallest absolute Gasteiger partial charge is 0.185 e. The lowest BCUT2D eigenvalue weighted by Crippen LogP contribution is -2.16. The SMILES string of the molecule is CCN1\C(=C/C=C/C=C2\CC\C(=C/C=C/C=C3/Sc4ccccc4N3CC)C2=O)Sc2ccccc21. The molecule has 0 radical (unpaired) electrons. The highest BCUT2D eigenvalue weighted by molar-refractivity contribution is 8.04. The Bertz CT molecular complexity index is 1240. The van der Waals surface area contributed by atoms with E-state index in [1.165, 1.54) is 31.2 Å². The van der Waals surface area contributed by atoms with Crippen molar-refractivity contribution in [3.63, 3.8) is 0 Å². The number of allylic oxidation sites excluding steroid dienone is 10. The molecule has 0 spiro atoms. The third-order valence-corrected chi connectivity index (χ3v) is 8.71. The zero-order chi connectivity index (χ0) is 24.9. The van der Waals surface area contributed by atoms with Crippen LogP contribution in [0.2, 0.25) is 0 Å². The summed E-state index contributed by atoms with van der Waals surface area (Å²) in [5.41, 5.74) is 4.31. The maximum atomic E-state index is 12.8. The fraction of sp³-hybridized carbons (Fsp3) is 0.194. The Morgan fingerprint density at radius 3 is 1.53 bits per heavy atom. The van der Waals surface area contributed by atoms with Crippen LogP contribution in [0.4, 0.5) is 11.4 Å². The molecular formula is C31H30N2OS2. The van der Waals surface area contributed by atoms with Gasteiger partial charge < -0.3 is 9.80 Å². The van der Waals surface area contributed by atoms with Crippen LogP contribution in [0.25, 0.3) is 0 Å². The van der Waals surface area contributed by atoms with Gasteiger partial charge in [0.25, 0.3) is 0 Å². The van der Waals surface area contributed by atoms with Crippen molar-refractivity contribution in [1.29, 1.82) is 0 Å². The van der Waals surface area contributed by atoms with Gasteiger partial charge in [0.2, 0.25) is 0 Å². The summed E-state index contributed by atoms with van der Waals surface area (Å²) in [5.74, 6) is 0.167. The summed E-state index contributed by atoms with van der Waals surface area (Å²) >= 11 is 3.59. The lowest BCUT2D eigenvalue weighted by Gasteiger charge is -2.17. The Labute approximate surface area is 222 Å². The van der Waals surface area contributed by atoms with Gasteiger partial charge in [0.05, 0.1) is 21.4 Å². The molecule has 0 atom stereocenters. The standard InChI is InChI=1S/C31H30N2OS2/c1-3-32-25-15-7-9-17-27(25)35-29(32)19-11-5-13-23-21-22-24(31(23)34)14-6-12-20-30-33(4-2)26-16-8-10-18-28(26)36-30/h5-20H,3-4,21-22H2,1-2H3/b11-5+,12-6+,23-13+,24-14+,29-19+,30-20+. The Morgan fingerprint density at radius 1 is 0.667 bits per heavy atom. The Balaban J connectivity index is 1.20. The first-order valence-corrected chi connectivity index (χ1v) is 14.1. The predicted molar refractivity (Wildman–Crippen MR) is 155 cm³/mol. The van der Waals surface area contributed by atoms with E-state index in [2.05, 4.69) is 84.3 Å². The molecule has 2 aliphatic heterocycles. The average Bonchev–Trinajstić information content (AvgIpc) is 3.56. The molecule has 36 heavy (non-hydrogen) atoms. The fourth-order valence-corrected chi connectivity index (χ4v) is 6.92. The highest BCUT2D eigenvalue weighted by atomic mass is 32.2. The average molecular weight is 511 g/mol. The minimum Gasteiger partial charge on any atom is -0.335 e. The second kappa shape index (κ2) is 11.3. The van der Waals surface area contributed by atoms with Gasteiger partial charge in [0, 0.05) is 34.0 Å². The van der Waals surface area contributed by atoms with Crippen LogP contribution in [-0.2, 0) is 4.79 Å². The van der Waals surface area contributed by atoms with Crippen molar-refractivity contribution in [3.05, 3.63) is 118 Å². The summed E-state index contributed by atoms with van der Waals surface area (Å²) in [4.78, 5) is 20.1. The maximum Gasteiger partial charge on any atom is 0.185 e. The van der Waals surface area contributed by atoms with E-state index >= 15 is 0 Å². The van der Waals surface area contributed by atoms with Crippen molar-refractivity contribution in [3.8, 4) is 0 Å². The van der Waals surface area contributed by atoms with Crippen LogP contribution in [0.3, 0.4) is 0 Å². The summed E-state index contributed by atoms with van der Waals surface area (Å²) in [6, 6.07) is 17.0. The number of carbonyl (C=O) groups excluding carboxylic acids is 1. The Hall–Kier alpha value is -3.15. The molecule has 0 amide bonds. The van der Waals surface area contributed by atoms with Crippen LogP contribution >= 0.6 is 23.5 Å². The summed E-state index contributed by atoms with van der Waals surface area (Å²) in [6.07, 6.45) is 17.9. The molecule has 1 aliphatic carbocycles. The largest absolute Gasteiger partial charge is 0.335 e. The third-order valence-electron chi connectivity index (χ3n) is 6.45. The number of hydrogen-bond donors (Lipinski definition) is 0. The van der Waals surface area contributed by atoms with Crippen molar-refractivity contribution in [2.24, 2.45) is 0 Å². The normalized spacial score (nSPS) is 21.9. The van der Waals surface area contributed by atoms with Crippen molar-refractivity contribution < 1.29 is 4.79 Å². The monoisotopic (exact) mass is 510 g/mol. The van der Waals surface area contributed by atoms with E-state index in [0.717, 1.165) is 37.1 Å². The van der Waals surface area contributed by atoms with Crippen molar-refractivity contribution >= 4 is 40.7 Å². The molecule has 0 saturated heterocycles. The highest BCUT2D eigenvalue weighted by Gasteiger charge is 2.24. The number of nitrogens with zero attached hydrogens (tertiary/aromatic N) is 2. The molecule has 2 heterocycles. The van der Waals surface area contributed by atoms with Gasteiger partial charge in [-0.05, 0) is 63.1 Å². The quantitative estimate of drug-likeness (QED) is 0.364. The minimum atomic E-state index is 0.167. The summed E-state index contributed by atoms with van der Waals surface area (Å²) in [5, 5.41) is 2.44. The first-order valence-electron chi connectivity index (χ1n) is 12.5. The molecule has 0 bridgehead atoms. The zero-order valence-corrected chi connectivity index (χ0v) is 22.3. The number of anilines is 2. The molecule has 1 fully saturated rings. The number of para-hydroxylation sites is 2. The van der Waals surface area contributed by atoms with Gasteiger partial charge in [-0.25, -0.2) is 0 Å². The number of carbonyl (C=O) groups is 1. The van der Waals surface area contributed by atoms with E-state index < -0.39 is 0 Å². The first kappa shape index (κ1) is 24.5. The van der Waals surface area contributed by atoms with E-state index in [9.17, 15) is 4.79 Å². The van der Waals surface area contributed by atoms with Crippen LogP contribution in [0, 0.1) is 0 Å². The topological polar surface area (TPSA) is 23.6 Å². The number of thioether (sulfide) groups is 2. The lowest BCUT2D eigenvalue weighted by molar-refractivity contribution is -0.111. The van der Waals surface area contributed by atoms with Crippen LogP contribution in [0.1, 0.15) is 26.7 Å². The maximum absolute atomic E-state index is 12.8. The van der Waals surface area contributed by atoms with Crippen LogP contribution in [0.5, 0.6) is 0 Å². The molecule has 182 valence electrons. The Morgan fingerprint density at radius 2 is 1.08 bits per heavy atom. The van der Waals surface area contributed by atoms with Gasteiger partial charge in [-0.1, -0.05) is 84.2 Å². The molecule has 3 aliphatic rings. The van der Waals surface area contributed by atoms with Crippen molar-refractivity contribution in [2.45, 2.75) is 36.5 Å². The van der Waals surface area contributed by atoms with E-state index in [4.69, 9.17) is 0 Å². The minimum absolute atomic E-state index is 0.167. The molecule has 0 aromatic heterocycles. The van der Waals surface area contributed by atoms with Gasteiger partial charge >= 0.3 is 0 Å². The summed E-state index contributed by atoms with van der Waals surface area (Å²) < 4.78 is 0. The number of Topliss-reactive ketones (excluding diaryl/α,β-unsaturated/α-hetero) is 1. The van der Waals surface area contributed by atoms with Gasteiger partial charge in [0.1, 0.15) is 0 Å². The molecule has 5 rings (SSSR count). The van der Waals surface area contributed by atoms with E-state index in [1.807, 2.05) is 36.5 Å². The molecule has 2 aromatic rings. The van der Waals surface area contributed by atoms with Crippen LogP contribution in [0.15, 0.2) is 128 Å². The molecule has 1 saturated carbocycles. The number of fused-ring (bicyclic) bond motifs is 2. The van der Waals surface area contributed by atoms with Crippen molar-refractivity contribution in [2.75, 3.05) is 22.9 Å². The predicted octanol–water partition coefficient (Wildman–Crippen LogP) is 8.26. The number of hydrogen-bond acceptors (Lipinski definition) is 5. The van der Waals surface area contributed by atoms with E-state index in [0.29, 0.717) is 0 Å². The molecular weight excluding hydrogens is 480 g/mol. The fourth-order valence-electron chi connectivity index (χ4n) is 4.65. The number of ketones is 1. The number of rotatable bonds is 6. The van der Waals surface area contributed by atoms with Crippen molar-refractivity contribution in [1.82, 2.24) is 0 Å². The van der Waals surface area contributed by atoms with Gasteiger partial charge in [-0.15, -0.1) is 0 Å². The second-order valence-electron chi connectivity index (χ2n) is 8.62. The second-order valence-corrected chi connectivity index (χ2v) is 10.7. The third kappa shape index (κ3) is 5.04. The first-order chi connectivity index (χ1) is 17.7. The van der Waals surface area contributed by atoms with Crippen LogP contribution in [-0.4, -0.2) is 18.9 Å². The molecule has 2 aromatic carbocycles. The number of benzene rings is 2. The highest BCUT2D eigenvalue weighted by Crippen LogP contribution is 2.46. The van der Waals surface area contributed by atoms with Gasteiger partial charge in [0.15, 0.2) is 5.78 Å². The van der Waals surface area contributed by atoms with Gasteiger partial charge in [-0.2, -0.15) is 0 Å². The van der Waals surface area contributed by atoms with Gasteiger partial charge in [-0.3, -0.25) is 4.79 Å². The zero-order valence-electron chi connectivity index (χ0n) is 20.7.